The average molecular weight is 405 g/mol. The molecule has 4 heteroatoms. The van der Waals surface area contributed by atoms with E-state index in [1.54, 1.807) is 7.11 Å². The highest BCUT2D eigenvalue weighted by atomic mass is 32.1. The van der Waals surface area contributed by atoms with E-state index < -0.39 is 0 Å². The number of thiocarbonyl (C=S) groups is 1. The molecule has 0 aliphatic carbocycles. The van der Waals surface area contributed by atoms with Gasteiger partial charge in [0.05, 0.1) is 19.2 Å². The first-order valence-electron chi connectivity index (χ1n) is 9.88. The fourth-order valence-electron chi connectivity index (χ4n) is 3.32. The lowest BCUT2D eigenvalue weighted by molar-refractivity contribution is 0.321. The van der Waals surface area contributed by atoms with Gasteiger partial charge in [-0.2, -0.15) is 0 Å². The van der Waals surface area contributed by atoms with Gasteiger partial charge >= 0.3 is 0 Å². The summed E-state index contributed by atoms with van der Waals surface area (Å²) >= 11 is 5.87. The molecule has 3 aromatic rings. The molecule has 0 heterocycles. The maximum absolute atomic E-state index is 5.87. The van der Waals surface area contributed by atoms with Crippen molar-refractivity contribution in [1.82, 2.24) is 10.2 Å². The normalized spacial score (nSPS) is 12.7. The molecule has 1 unspecified atom stereocenters. The lowest BCUT2D eigenvalue weighted by Gasteiger charge is -2.34. The zero-order valence-electron chi connectivity index (χ0n) is 17.2. The summed E-state index contributed by atoms with van der Waals surface area (Å²) in [7, 11) is 1.68. The molecule has 0 bridgehead atoms. The molecule has 0 aliphatic heterocycles. The van der Waals surface area contributed by atoms with Crippen molar-refractivity contribution in [3.05, 3.63) is 102 Å². The minimum absolute atomic E-state index is 0.130. The minimum Gasteiger partial charge on any atom is -0.497 e. The quantitative estimate of drug-likeness (QED) is 0.496. The van der Waals surface area contributed by atoms with E-state index in [0.29, 0.717) is 6.54 Å². The molecule has 0 aromatic heterocycles. The van der Waals surface area contributed by atoms with Gasteiger partial charge in [-0.3, -0.25) is 0 Å². The largest absolute Gasteiger partial charge is 0.497 e. The smallest absolute Gasteiger partial charge is 0.170 e. The summed E-state index contributed by atoms with van der Waals surface area (Å²) in [6.07, 6.45) is 0. The molecule has 0 amide bonds. The highest BCUT2D eigenvalue weighted by Crippen LogP contribution is 2.24. The molecule has 0 spiro atoms. The summed E-state index contributed by atoms with van der Waals surface area (Å²) in [6, 6.07) is 29.3. The first kappa shape index (κ1) is 20.9. The third kappa shape index (κ3) is 5.58. The van der Waals surface area contributed by atoms with Crippen molar-refractivity contribution in [3.8, 4) is 5.75 Å². The van der Waals surface area contributed by atoms with Gasteiger partial charge in [-0.1, -0.05) is 72.8 Å². The van der Waals surface area contributed by atoms with Crippen LogP contribution in [-0.2, 0) is 6.54 Å². The first-order chi connectivity index (χ1) is 14.1. The van der Waals surface area contributed by atoms with E-state index >= 15 is 0 Å². The molecule has 0 saturated heterocycles. The molecular formula is C25H28N2OS. The molecule has 0 aliphatic rings. The number of benzene rings is 3. The molecule has 3 nitrogen and oxygen atoms in total. The molecule has 29 heavy (non-hydrogen) atoms. The second kappa shape index (κ2) is 10.1. The van der Waals surface area contributed by atoms with Crippen LogP contribution in [0.15, 0.2) is 84.9 Å². The van der Waals surface area contributed by atoms with Gasteiger partial charge in [0.25, 0.3) is 0 Å². The molecule has 0 radical (unpaired) electrons. The lowest BCUT2D eigenvalue weighted by Crippen LogP contribution is -2.41. The first-order valence-corrected chi connectivity index (χ1v) is 10.3. The van der Waals surface area contributed by atoms with E-state index in [-0.39, 0.29) is 12.1 Å². The Labute approximate surface area is 179 Å². The van der Waals surface area contributed by atoms with Crippen molar-refractivity contribution in [2.45, 2.75) is 32.5 Å². The van der Waals surface area contributed by atoms with Crippen LogP contribution in [0.5, 0.6) is 5.75 Å². The number of methoxy groups -OCH3 is 1. The topological polar surface area (TPSA) is 24.5 Å². The van der Waals surface area contributed by atoms with Crippen molar-refractivity contribution in [2.24, 2.45) is 0 Å². The highest BCUT2D eigenvalue weighted by molar-refractivity contribution is 7.80. The van der Waals surface area contributed by atoms with Crippen LogP contribution in [0, 0.1) is 0 Å². The number of nitrogens with one attached hydrogen (secondary N) is 1. The number of ether oxygens (including phenoxy) is 1. The van der Waals surface area contributed by atoms with Gasteiger partial charge in [-0.25, -0.2) is 0 Å². The zero-order valence-corrected chi connectivity index (χ0v) is 18.0. The van der Waals surface area contributed by atoms with Crippen LogP contribution < -0.4 is 10.1 Å². The van der Waals surface area contributed by atoms with Crippen LogP contribution >= 0.6 is 12.2 Å². The molecule has 0 fully saturated rings. The summed E-state index contributed by atoms with van der Waals surface area (Å²) in [5, 5.41) is 4.27. The Morgan fingerprint density at radius 3 is 1.97 bits per heavy atom. The van der Waals surface area contributed by atoms with Crippen LogP contribution in [-0.4, -0.2) is 17.1 Å². The van der Waals surface area contributed by atoms with Gasteiger partial charge in [-0.15, -0.1) is 0 Å². The van der Waals surface area contributed by atoms with Crippen molar-refractivity contribution in [2.75, 3.05) is 7.11 Å². The summed E-state index contributed by atoms with van der Waals surface area (Å²) in [4.78, 5) is 2.24. The summed E-state index contributed by atoms with van der Waals surface area (Å²) in [5.74, 6) is 0.856. The zero-order chi connectivity index (χ0) is 20.6. The second-order valence-corrected chi connectivity index (χ2v) is 7.53. The SMILES string of the molecule is COc1ccc(CN(C(=S)N[C@H](C)c2ccccc2)C(C)c2ccccc2)cc1. The Balaban J connectivity index is 1.81. The number of hydrogen-bond donors (Lipinski definition) is 1. The van der Waals surface area contributed by atoms with E-state index in [4.69, 9.17) is 17.0 Å². The van der Waals surface area contributed by atoms with E-state index in [0.717, 1.165) is 10.9 Å². The predicted octanol–water partition coefficient (Wildman–Crippen LogP) is 5.89. The molecule has 0 saturated carbocycles. The Morgan fingerprint density at radius 2 is 1.41 bits per heavy atom. The molecule has 1 N–H and O–H groups in total. The van der Waals surface area contributed by atoms with Crippen molar-refractivity contribution >= 4 is 17.3 Å². The van der Waals surface area contributed by atoms with Crippen LogP contribution in [0.3, 0.4) is 0 Å². The molecule has 3 rings (SSSR count). The molecule has 3 aromatic carbocycles. The van der Waals surface area contributed by atoms with Crippen LogP contribution in [0.25, 0.3) is 0 Å². The Kier molecular flexibility index (Phi) is 7.25. The highest BCUT2D eigenvalue weighted by Gasteiger charge is 2.20. The maximum Gasteiger partial charge on any atom is 0.170 e. The Hall–Kier alpha value is -2.85. The van der Waals surface area contributed by atoms with Crippen molar-refractivity contribution in [1.29, 1.82) is 0 Å². The average Bonchev–Trinajstić information content (AvgIpc) is 2.78. The fourth-order valence-corrected chi connectivity index (χ4v) is 3.72. The van der Waals surface area contributed by atoms with Crippen LogP contribution in [0.1, 0.15) is 42.6 Å². The third-order valence-electron chi connectivity index (χ3n) is 5.16. The van der Waals surface area contributed by atoms with Gasteiger partial charge in [0.2, 0.25) is 0 Å². The van der Waals surface area contributed by atoms with Crippen LogP contribution in [0.4, 0.5) is 0 Å². The summed E-state index contributed by atoms with van der Waals surface area (Å²) < 4.78 is 5.29. The van der Waals surface area contributed by atoms with Crippen molar-refractivity contribution < 1.29 is 4.74 Å². The van der Waals surface area contributed by atoms with Gasteiger partial charge in [0.15, 0.2) is 5.11 Å². The minimum atomic E-state index is 0.130. The van der Waals surface area contributed by atoms with E-state index in [1.165, 1.54) is 16.7 Å². The Morgan fingerprint density at radius 1 is 0.862 bits per heavy atom. The predicted molar refractivity (Wildman–Crippen MR) is 124 cm³/mol. The van der Waals surface area contributed by atoms with Crippen molar-refractivity contribution in [3.63, 3.8) is 0 Å². The van der Waals surface area contributed by atoms with Gasteiger partial charge in [-0.05, 0) is 54.9 Å². The summed E-state index contributed by atoms with van der Waals surface area (Å²) in [5.41, 5.74) is 3.63. The Bertz CT molecular complexity index is 897. The number of hydrogen-bond acceptors (Lipinski definition) is 2. The van der Waals surface area contributed by atoms with E-state index in [9.17, 15) is 0 Å². The molecule has 150 valence electrons. The maximum atomic E-state index is 5.87. The summed E-state index contributed by atoms with van der Waals surface area (Å²) in [6.45, 7) is 5.05. The monoisotopic (exact) mass is 404 g/mol. The van der Waals surface area contributed by atoms with Gasteiger partial charge in [0.1, 0.15) is 5.75 Å². The molecular weight excluding hydrogens is 376 g/mol. The number of rotatable bonds is 7. The second-order valence-electron chi connectivity index (χ2n) is 7.14. The lowest BCUT2D eigenvalue weighted by atomic mass is 10.1. The van der Waals surface area contributed by atoms with E-state index in [1.807, 2.05) is 24.3 Å². The van der Waals surface area contributed by atoms with Gasteiger partial charge < -0.3 is 15.0 Å². The number of nitrogens with zero attached hydrogens (tertiary/aromatic N) is 1. The van der Waals surface area contributed by atoms with Gasteiger partial charge in [0, 0.05) is 6.54 Å². The van der Waals surface area contributed by atoms with E-state index in [2.05, 4.69) is 84.7 Å². The standard InChI is InChI=1S/C25H28N2OS/c1-19(22-10-6-4-7-11-22)26-25(29)27(20(2)23-12-8-5-9-13-23)18-21-14-16-24(28-3)17-15-21/h4-17,19-20H,18H2,1-3H3,(H,26,29)/t19-,20?/m1/s1. The third-order valence-corrected chi connectivity index (χ3v) is 5.51. The fraction of sp³-hybridized carbons (Fsp3) is 0.240. The molecule has 2 atom stereocenters. The van der Waals surface area contributed by atoms with Crippen LogP contribution in [0.2, 0.25) is 0 Å².